The lowest BCUT2D eigenvalue weighted by molar-refractivity contribution is 0.0861. The summed E-state index contributed by atoms with van der Waals surface area (Å²) in [7, 11) is 0. The van der Waals surface area contributed by atoms with Gasteiger partial charge in [-0.05, 0) is 26.2 Å². The molecule has 1 fully saturated rings. The third-order valence-electron chi connectivity index (χ3n) is 4.43. The third-order valence-corrected chi connectivity index (χ3v) is 5.33. The highest BCUT2D eigenvalue weighted by Gasteiger charge is 2.28. The van der Waals surface area contributed by atoms with Crippen LogP contribution in [0.5, 0.6) is 0 Å². The Morgan fingerprint density at radius 1 is 1.48 bits per heavy atom. The summed E-state index contributed by atoms with van der Waals surface area (Å²) in [6, 6.07) is 0.219. The number of rotatable bonds is 4. The molecule has 0 radical (unpaired) electrons. The first-order valence-electron chi connectivity index (χ1n) is 7.97. The van der Waals surface area contributed by atoms with Crippen molar-refractivity contribution in [2.45, 2.75) is 39.8 Å². The van der Waals surface area contributed by atoms with Gasteiger partial charge in [0, 0.05) is 42.4 Å². The van der Waals surface area contributed by atoms with Crippen LogP contribution in [0, 0.1) is 19.8 Å². The zero-order chi connectivity index (χ0) is 16.4. The van der Waals surface area contributed by atoms with Gasteiger partial charge in [0.25, 0.3) is 5.91 Å². The summed E-state index contributed by atoms with van der Waals surface area (Å²) in [5.41, 5.74) is 1.45. The number of amides is 1. The van der Waals surface area contributed by atoms with Crippen LogP contribution < -0.4 is 5.32 Å². The standard InChI is InChI=1S/C16H23N5OS/c1-10-8-21(9-13-6-17-12(3)23-13)5-4-15(10)19-16(22)14-7-18-20-11(14)2/h6-7,10,15H,4-5,8-9H2,1-3H3,(H,18,20)(H,19,22). The van der Waals surface area contributed by atoms with Gasteiger partial charge in [0.1, 0.15) is 0 Å². The topological polar surface area (TPSA) is 73.9 Å². The van der Waals surface area contributed by atoms with Crippen LogP contribution >= 0.6 is 11.3 Å². The van der Waals surface area contributed by atoms with Crippen molar-refractivity contribution in [3.63, 3.8) is 0 Å². The zero-order valence-corrected chi connectivity index (χ0v) is 14.6. The molecule has 1 amide bonds. The van der Waals surface area contributed by atoms with Crippen LogP contribution in [-0.4, -0.2) is 45.1 Å². The molecule has 2 unspecified atom stereocenters. The Labute approximate surface area is 140 Å². The predicted octanol–water partition coefficient (Wildman–Crippen LogP) is 2.12. The maximum Gasteiger partial charge on any atom is 0.254 e. The quantitative estimate of drug-likeness (QED) is 0.899. The van der Waals surface area contributed by atoms with E-state index in [2.05, 4.69) is 32.3 Å². The fourth-order valence-electron chi connectivity index (χ4n) is 3.11. The smallest absolute Gasteiger partial charge is 0.254 e. The molecule has 7 heteroatoms. The second-order valence-electron chi connectivity index (χ2n) is 6.34. The van der Waals surface area contributed by atoms with Crippen LogP contribution in [0.15, 0.2) is 12.4 Å². The van der Waals surface area contributed by atoms with E-state index in [1.807, 2.05) is 20.0 Å². The molecule has 2 aromatic rings. The van der Waals surface area contributed by atoms with Gasteiger partial charge in [-0.2, -0.15) is 5.10 Å². The normalized spacial score (nSPS) is 22.2. The fourth-order valence-corrected chi connectivity index (χ4v) is 3.95. The van der Waals surface area contributed by atoms with Crippen LogP contribution in [0.2, 0.25) is 0 Å². The molecule has 0 spiro atoms. The Hall–Kier alpha value is -1.73. The molecule has 2 atom stereocenters. The summed E-state index contributed by atoms with van der Waals surface area (Å²) in [6.07, 6.45) is 4.54. The van der Waals surface area contributed by atoms with E-state index in [1.165, 1.54) is 4.88 Å². The van der Waals surface area contributed by atoms with Crippen LogP contribution in [0.1, 0.15) is 39.3 Å². The number of piperidine rings is 1. The van der Waals surface area contributed by atoms with Crippen molar-refractivity contribution in [3.05, 3.63) is 33.5 Å². The minimum atomic E-state index is -0.0281. The van der Waals surface area contributed by atoms with Crippen molar-refractivity contribution in [2.24, 2.45) is 5.92 Å². The molecule has 1 aliphatic heterocycles. The van der Waals surface area contributed by atoms with Gasteiger partial charge in [-0.25, -0.2) is 4.98 Å². The summed E-state index contributed by atoms with van der Waals surface area (Å²) in [5.74, 6) is 0.397. The number of aromatic nitrogens is 3. The third kappa shape index (κ3) is 3.79. The van der Waals surface area contributed by atoms with Gasteiger partial charge in [-0.3, -0.25) is 14.8 Å². The largest absolute Gasteiger partial charge is 0.349 e. The number of thiazole rings is 1. The number of H-pyrrole nitrogens is 1. The van der Waals surface area contributed by atoms with E-state index < -0.39 is 0 Å². The predicted molar refractivity (Wildman–Crippen MR) is 90.5 cm³/mol. The maximum absolute atomic E-state index is 12.3. The van der Waals surface area contributed by atoms with Crippen LogP contribution in [0.25, 0.3) is 0 Å². The fraction of sp³-hybridized carbons (Fsp3) is 0.562. The van der Waals surface area contributed by atoms with Crippen LogP contribution in [0.3, 0.4) is 0 Å². The Morgan fingerprint density at radius 2 is 2.30 bits per heavy atom. The molecule has 2 N–H and O–H groups in total. The molecule has 23 heavy (non-hydrogen) atoms. The molecule has 0 bridgehead atoms. The number of carbonyl (C=O) groups is 1. The average molecular weight is 333 g/mol. The molecule has 1 aliphatic rings. The van der Waals surface area contributed by atoms with E-state index >= 15 is 0 Å². The highest BCUT2D eigenvalue weighted by molar-refractivity contribution is 7.11. The number of nitrogens with one attached hydrogen (secondary N) is 2. The molecular weight excluding hydrogens is 310 g/mol. The molecule has 1 saturated heterocycles. The number of carbonyl (C=O) groups excluding carboxylic acids is 1. The van der Waals surface area contributed by atoms with Gasteiger partial charge < -0.3 is 5.32 Å². The Balaban J connectivity index is 1.54. The number of aryl methyl sites for hydroxylation is 2. The Morgan fingerprint density at radius 3 is 2.91 bits per heavy atom. The highest BCUT2D eigenvalue weighted by atomic mass is 32.1. The van der Waals surface area contributed by atoms with E-state index in [4.69, 9.17) is 0 Å². The first-order valence-corrected chi connectivity index (χ1v) is 8.79. The van der Waals surface area contributed by atoms with Gasteiger partial charge in [-0.1, -0.05) is 6.92 Å². The van der Waals surface area contributed by atoms with Gasteiger partial charge >= 0.3 is 0 Å². The average Bonchev–Trinajstić information content (AvgIpc) is 3.10. The van der Waals surface area contributed by atoms with Crippen LogP contribution in [0.4, 0.5) is 0 Å². The number of hydrogen-bond donors (Lipinski definition) is 2. The van der Waals surface area contributed by atoms with Gasteiger partial charge in [0.05, 0.1) is 16.8 Å². The maximum atomic E-state index is 12.3. The lowest BCUT2D eigenvalue weighted by atomic mass is 9.93. The number of likely N-dealkylation sites (tertiary alicyclic amines) is 1. The minimum absolute atomic E-state index is 0.0281. The van der Waals surface area contributed by atoms with Crippen molar-refractivity contribution >= 4 is 17.2 Å². The van der Waals surface area contributed by atoms with Crippen molar-refractivity contribution in [1.29, 1.82) is 0 Å². The van der Waals surface area contributed by atoms with E-state index in [0.29, 0.717) is 11.5 Å². The highest BCUT2D eigenvalue weighted by Crippen LogP contribution is 2.21. The van der Waals surface area contributed by atoms with Crippen molar-refractivity contribution in [1.82, 2.24) is 25.4 Å². The van der Waals surface area contributed by atoms with E-state index in [-0.39, 0.29) is 11.9 Å². The molecule has 3 heterocycles. The first kappa shape index (κ1) is 16.1. The lowest BCUT2D eigenvalue weighted by Crippen LogP contribution is -2.49. The number of hydrogen-bond acceptors (Lipinski definition) is 5. The summed E-state index contributed by atoms with van der Waals surface area (Å²) in [5, 5.41) is 11.0. The first-order chi connectivity index (χ1) is 11.0. The van der Waals surface area contributed by atoms with Crippen molar-refractivity contribution in [3.8, 4) is 0 Å². The Kier molecular flexibility index (Phi) is 4.77. The number of aromatic amines is 1. The van der Waals surface area contributed by atoms with E-state index in [1.54, 1.807) is 17.5 Å². The van der Waals surface area contributed by atoms with Gasteiger partial charge in [0.2, 0.25) is 0 Å². The molecule has 0 aliphatic carbocycles. The molecule has 124 valence electrons. The summed E-state index contributed by atoms with van der Waals surface area (Å²) in [4.78, 5) is 20.4. The molecule has 0 saturated carbocycles. The molecule has 3 rings (SSSR count). The van der Waals surface area contributed by atoms with Crippen molar-refractivity contribution in [2.75, 3.05) is 13.1 Å². The Bertz CT molecular complexity index is 680. The second-order valence-corrected chi connectivity index (χ2v) is 7.65. The summed E-state index contributed by atoms with van der Waals surface area (Å²) in [6.45, 7) is 9.05. The van der Waals surface area contributed by atoms with Gasteiger partial charge in [-0.15, -0.1) is 11.3 Å². The molecular formula is C16H23N5OS. The summed E-state index contributed by atoms with van der Waals surface area (Å²) >= 11 is 1.76. The van der Waals surface area contributed by atoms with E-state index in [0.717, 1.165) is 36.8 Å². The second kappa shape index (κ2) is 6.80. The lowest BCUT2D eigenvalue weighted by Gasteiger charge is -2.37. The molecule has 0 aromatic carbocycles. The monoisotopic (exact) mass is 333 g/mol. The van der Waals surface area contributed by atoms with Crippen LogP contribution in [-0.2, 0) is 6.54 Å². The molecule has 2 aromatic heterocycles. The van der Waals surface area contributed by atoms with Gasteiger partial charge in [0.15, 0.2) is 0 Å². The minimum Gasteiger partial charge on any atom is -0.349 e. The number of nitrogens with zero attached hydrogens (tertiary/aromatic N) is 3. The molecule has 6 nitrogen and oxygen atoms in total. The SMILES string of the molecule is Cc1ncc(CN2CCC(NC(=O)c3cn[nH]c3C)C(C)C2)s1. The van der Waals surface area contributed by atoms with Crippen molar-refractivity contribution < 1.29 is 4.79 Å². The van der Waals surface area contributed by atoms with E-state index in [9.17, 15) is 4.79 Å². The zero-order valence-electron chi connectivity index (χ0n) is 13.8. The summed E-state index contributed by atoms with van der Waals surface area (Å²) < 4.78 is 0.